The zero-order valence-electron chi connectivity index (χ0n) is 11.1. The number of hydrogen-bond acceptors (Lipinski definition) is 5. The van der Waals surface area contributed by atoms with Crippen molar-refractivity contribution < 1.29 is 0 Å². The van der Waals surface area contributed by atoms with Gasteiger partial charge in [-0.15, -0.1) is 0 Å². The molecule has 1 aromatic heterocycles. The van der Waals surface area contributed by atoms with Gasteiger partial charge < -0.3 is 10.6 Å². The van der Waals surface area contributed by atoms with Crippen molar-refractivity contribution in [2.75, 3.05) is 30.8 Å². The van der Waals surface area contributed by atoms with Crippen LogP contribution >= 0.6 is 0 Å². The number of hydrogen-bond donors (Lipinski definition) is 2. The third-order valence-electron chi connectivity index (χ3n) is 4.03. The summed E-state index contributed by atoms with van der Waals surface area (Å²) < 4.78 is 0. The summed E-state index contributed by atoms with van der Waals surface area (Å²) in [5.41, 5.74) is 0. The Labute approximate surface area is 108 Å². The minimum absolute atomic E-state index is 0.548. The van der Waals surface area contributed by atoms with E-state index in [1.807, 2.05) is 20.0 Å². The van der Waals surface area contributed by atoms with Gasteiger partial charge in [0.1, 0.15) is 17.5 Å². The number of nitrogens with zero attached hydrogens (tertiary/aromatic N) is 3. The molecule has 2 fully saturated rings. The fourth-order valence-electron chi connectivity index (χ4n) is 3.21. The first-order valence-corrected chi connectivity index (χ1v) is 6.80. The van der Waals surface area contributed by atoms with Gasteiger partial charge in [-0.05, 0) is 32.7 Å². The Bertz CT molecular complexity index is 433. The summed E-state index contributed by atoms with van der Waals surface area (Å²) in [7, 11) is 1.89. The molecule has 2 atom stereocenters. The van der Waals surface area contributed by atoms with E-state index in [4.69, 9.17) is 0 Å². The molecule has 2 unspecified atom stereocenters. The fraction of sp³-hybridized carbons (Fsp3) is 0.692. The molecule has 3 rings (SSSR count). The van der Waals surface area contributed by atoms with Crippen LogP contribution in [-0.2, 0) is 0 Å². The molecule has 2 aliphatic heterocycles. The lowest BCUT2D eigenvalue weighted by atomic mass is 10.1. The van der Waals surface area contributed by atoms with Crippen LogP contribution in [0.3, 0.4) is 0 Å². The van der Waals surface area contributed by atoms with Crippen LogP contribution in [0.1, 0.15) is 25.1 Å². The molecule has 98 valence electrons. The minimum atomic E-state index is 0.548. The first kappa shape index (κ1) is 11.7. The zero-order chi connectivity index (χ0) is 12.5. The van der Waals surface area contributed by atoms with Crippen molar-refractivity contribution in [2.45, 2.75) is 38.3 Å². The maximum Gasteiger partial charge on any atom is 0.132 e. The molecule has 1 aromatic rings. The van der Waals surface area contributed by atoms with Crippen LogP contribution in [0.4, 0.5) is 11.6 Å². The number of aromatic nitrogens is 2. The molecule has 2 saturated heterocycles. The molecule has 5 heteroatoms. The summed E-state index contributed by atoms with van der Waals surface area (Å²) >= 11 is 0. The third kappa shape index (κ3) is 2.14. The second kappa shape index (κ2) is 4.72. The highest BCUT2D eigenvalue weighted by Crippen LogP contribution is 2.29. The Balaban J connectivity index is 1.74. The van der Waals surface area contributed by atoms with E-state index >= 15 is 0 Å². The first-order valence-electron chi connectivity index (χ1n) is 6.80. The molecular weight excluding hydrogens is 226 g/mol. The van der Waals surface area contributed by atoms with Gasteiger partial charge in [-0.1, -0.05) is 0 Å². The molecule has 18 heavy (non-hydrogen) atoms. The highest BCUT2D eigenvalue weighted by molar-refractivity contribution is 5.48. The van der Waals surface area contributed by atoms with Gasteiger partial charge in [0.15, 0.2) is 0 Å². The average Bonchev–Trinajstić information content (AvgIpc) is 2.93. The van der Waals surface area contributed by atoms with Gasteiger partial charge in [0.25, 0.3) is 0 Å². The number of rotatable bonds is 3. The van der Waals surface area contributed by atoms with E-state index in [-0.39, 0.29) is 0 Å². The van der Waals surface area contributed by atoms with E-state index in [0.717, 1.165) is 17.5 Å². The van der Waals surface area contributed by atoms with E-state index in [9.17, 15) is 0 Å². The lowest BCUT2D eigenvalue weighted by molar-refractivity contribution is 0.318. The smallest absolute Gasteiger partial charge is 0.132 e. The van der Waals surface area contributed by atoms with Crippen molar-refractivity contribution in [1.82, 2.24) is 14.9 Å². The number of anilines is 2. The Morgan fingerprint density at radius 1 is 1.22 bits per heavy atom. The fourth-order valence-corrected chi connectivity index (χ4v) is 3.21. The Morgan fingerprint density at radius 2 is 2.06 bits per heavy atom. The van der Waals surface area contributed by atoms with E-state index in [1.165, 1.54) is 32.4 Å². The molecule has 0 saturated carbocycles. The highest BCUT2D eigenvalue weighted by atomic mass is 15.2. The van der Waals surface area contributed by atoms with E-state index in [2.05, 4.69) is 25.5 Å². The predicted molar refractivity (Wildman–Crippen MR) is 72.9 cm³/mol. The van der Waals surface area contributed by atoms with Gasteiger partial charge in [0, 0.05) is 31.7 Å². The summed E-state index contributed by atoms with van der Waals surface area (Å²) in [5.74, 6) is 2.64. The van der Waals surface area contributed by atoms with Crippen molar-refractivity contribution in [3.05, 3.63) is 11.9 Å². The van der Waals surface area contributed by atoms with Crippen molar-refractivity contribution in [3.8, 4) is 0 Å². The van der Waals surface area contributed by atoms with Gasteiger partial charge in [-0.25, -0.2) is 9.97 Å². The zero-order valence-corrected chi connectivity index (χ0v) is 11.1. The molecule has 0 amide bonds. The highest BCUT2D eigenvalue weighted by Gasteiger charge is 2.37. The summed E-state index contributed by atoms with van der Waals surface area (Å²) in [6.07, 6.45) is 3.89. The summed E-state index contributed by atoms with van der Waals surface area (Å²) in [6.45, 7) is 4.43. The second-order valence-corrected chi connectivity index (χ2v) is 5.22. The standard InChI is InChI=1S/C13H21N5/c1-9-15-12(14-2)8-13(16-9)17-10-5-7-18-6-3-4-11(10)18/h8,10-11H,3-7H2,1-2H3,(H2,14,15,16,17). The Hall–Kier alpha value is -1.36. The molecule has 2 N–H and O–H groups in total. The van der Waals surface area contributed by atoms with E-state index < -0.39 is 0 Å². The molecule has 5 nitrogen and oxygen atoms in total. The van der Waals surface area contributed by atoms with Crippen LogP contribution < -0.4 is 10.6 Å². The maximum atomic E-state index is 4.48. The lowest BCUT2D eigenvalue weighted by Gasteiger charge is -2.22. The Morgan fingerprint density at radius 3 is 2.89 bits per heavy atom. The van der Waals surface area contributed by atoms with Gasteiger partial charge >= 0.3 is 0 Å². The van der Waals surface area contributed by atoms with Gasteiger partial charge in [0.2, 0.25) is 0 Å². The molecule has 3 heterocycles. The monoisotopic (exact) mass is 247 g/mol. The largest absolute Gasteiger partial charge is 0.373 e. The van der Waals surface area contributed by atoms with Gasteiger partial charge in [-0.3, -0.25) is 4.90 Å². The number of nitrogens with one attached hydrogen (secondary N) is 2. The van der Waals surface area contributed by atoms with E-state index in [0.29, 0.717) is 12.1 Å². The molecule has 0 aliphatic carbocycles. The van der Waals surface area contributed by atoms with E-state index in [1.54, 1.807) is 0 Å². The summed E-state index contributed by atoms with van der Waals surface area (Å²) in [4.78, 5) is 11.4. The molecule has 0 radical (unpaired) electrons. The molecule has 0 bridgehead atoms. The van der Waals surface area contributed by atoms with Gasteiger partial charge in [0.05, 0.1) is 0 Å². The Kier molecular flexibility index (Phi) is 3.07. The van der Waals surface area contributed by atoms with Crippen LogP contribution in [0.5, 0.6) is 0 Å². The molecule has 2 aliphatic rings. The maximum absolute atomic E-state index is 4.48. The minimum Gasteiger partial charge on any atom is -0.373 e. The van der Waals surface area contributed by atoms with Crippen molar-refractivity contribution >= 4 is 11.6 Å². The first-order chi connectivity index (χ1) is 8.76. The summed E-state index contributed by atoms with van der Waals surface area (Å²) in [5, 5.41) is 6.67. The van der Waals surface area contributed by atoms with Crippen molar-refractivity contribution in [2.24, 2.45) is 0 Å². The van der Waals surface area contributed by atoms with Gasteiger partial charge in [-0.2, -0.15) is 0 Å². The molecular formula is C13H21N5. The normalized spacial score (nSPS) is 27.2. The van der Waals surface area contributed by atoms with Crippen LogP contribution in [0.2, 0.25) is 0 Å². The average molecular weight is 247 g/mol. The van der Waals surface area contributed by atoms with Crippen molar-refractivity contribution in [1.29, 1.82) is 0 Å². The SMILES string of the molecule is CNc1cc(NC2CCN3CCCC23)nc(C)n1. The topological polar surface area (TPSA) is 53.1 Å². The lowest BCUT2D eigenvalue weighted by Crippen LogP contribution is -2.34. The number of fused-ring (bicyclic) bond motifs is 1. The second-order valence-electron chi connectivity index (χ2n) is 5.22. The van der Waals surface area contributed by atoms with Crippen LogP contribution in [0, 0.1) is 6.92 Å². The summed E-state index contributed by atoms with van der Waals surface area (Å²) in [6, 6.07) is 3.25. The van der Waals surface area contributed by atoms with Crippen LogP contribution in [0.15, 0.2) is 6.07 Å². The third-order valence-corrected chi connectivity index (χ3v) is 4.03. The van der Waals surface area contributed by atoms with Crippen molar-refractivity contribution in [3.63, 3.8) is 0 Å². The molecule has 0 aromatic carbocycles. The molecule has 0 spiro atoms. The quantitative estimate of drug-likeness (QED) is 0.847. The predicted octanol–water partition coefficient (Wildman–Crippen LogP) is 1.48. The van der Waals surface area contributed by atoms with Crippen LogP contribution in [-0.4, -0.2) is 47.1 Å². The number of aryl methyl sites for hydroxylation is 1. The van der Waals surface area contributed by atoms with Crippen LogP contribution in [0.25, 0.3) is 0 Å².